The summed E-state index contributed by atoms with van der Waals surface area (Å²) in [4.78, 5) is 0. The maximum Gasteiger partial charge on any atom is 0.277 e. The third-order valence-electron chi connectivity index (χ3n) is 3.70. The van der Waals surface area contributed by atoms with Gasteiger partial charge in [-0.05, 0) is 29.8 Å². The summed E-state index contributed by atoms with van der Waals surface area (Å²) in [5.41, 5.74) is 1.99. The van der Waals surface area contributed by atoms with Crippen LogP contribution in [0.15, 0.2) is 94.6 Å². The highest BCUT2D eigenvalue weighted by Gasteiger charge is 2.14. The number of nitrogens with zero attached hydrogens (tertiary/aromatic N) is 2. The smallest absolute Gasteiger partial charge is 0.277 e. The van der Waals surface area contributed by atoms with Crippen molar-refractivity contribution in [1.82, 2.24) is 10.2 Å². The largest absolute Gasteiger partial charge is 0.457 e. The van der Waals surface area contributed by atoms with Gasteiger partial charge in [-0.3, -0.25) is 0 Å². The number of hydrogen-bond acceptors (Lipinski definition) is 5. The highest BCUT2D eigenvalue weighted by molar-refractivity contribution is 7.98. The van der Waals surface area contributed by atoms with Crippen LogP contribution in [0.5, 0.6) is 11.5 Å². The van der Waals surface area contributed by atoms with E-state index in [0.717, 1.165) is 17.1 Å². The lowest BCUT2D eigenvalue weighted by Gasteiger charge is -2.08. The van der Waals surface area contributed by atoms with Gasteiger partial charge in [0.2, 0.25) is 0 Å². The van der Waals surface area contributed by atoms with E-state index in [-0.39, 0.29) is 0 Å². The van der Waals surface area contributed by atoms with Crippen LogP contribution in [-0.2, 0) is 5.75 Å². The number of ether oxygens (including phenoxy) is 1. The molecule has 0 spiro atoms. The van der Waals surface area contributed by atoms with Crippen molar-refractivity contribution in [3.8, 4) is 23.0 Å². The second-order valence-electron chi connectivity index (χ2n) is 5.56. The van der Waals surface area contributed by atoms with Gasteiger partial charge in [-0.15, -0.1) is 10.2 Å². The standard InChI is InChI=1S/C21H16N2O2S/c1-3-9-16(10-4-1)15-26-21-23-22-20(25-21)18-13-7-8-14-19(18)24-17-11-5-2-6-12-17/h1-14H,15H2. The third kappa shape index (κ3) is 3.95. The van der Waals surface area contributed by atoms with Crippen LogP contribution < -0.4 is 4.74 Å². The Morgan fingerprint density at radius 1 is 0.769 bits per heavy atom. The van der Waals surface area contributed by atoms with Gasteiger partial charge in [0.15, 0.2) is 0 Å². The highest BCUT2D eigenvalue weighted by Crippen LogP contribution is 2.34. The topological polar surface area (TPSA) is 48.2 Å². The first-order chi connectivity index (χ1) is 12.9. The predicted molar refractivity (Wildman–Crippen MR) is 102 cm³/mol. The highest BCUT2D eigenvalue weighted by atomic mass is 32.2. The Balaban J connectivity index is 1.52. The molecule has 0 unspecified atom stereocenters. The van der Waals surface area contributed by atoms with Gasteiger partial charge in [-0.2, -0.15) is 0 Å². The molecule has 3 aromatic carbocycles. The minimum atomic E-state index is 0.451. The van der Waals surface area contributed by atoms with Gasteiger partial charge >= 0.3 is 0 Å². The van der Waals surface area contributed by atoms with Crippen LogP contribution in [0.2, 0.25) is 0 Å². The summed E-state index contributed by atoms with van der Waals surface area (Å²) in [6, 6.07) is 27.5. The molecular weight excluding hydrogens is 344 g/mol. The summed E-state index contributed by atoms with van der Waals surface area (Å²) in [6.07, 6.45) is 0. The minimum Gasteiger partial charge on any atom is -0.457 e. The van der Waals surface area contributed by atoms with Crippen LogP contribution in [-0.4, -0.2) is 10.2 Å². The number of para-hydroxylation sites is 2. The fraction of sp³-hybridized carbons (Fsp3) is 0.0476. The van der Waals surface area contributed by atoms with Crippen molar-refractivity contribution in [2.75, 3.05) is 0 Å². The predicted octanol–water partition coefficient (Wildman–Crippen LogP) is 5.82. The average Bonchev–Trinajstić information content (AvgIpc) is 3.17. The van der Waals surface area contributed by atoms with Crippen molar-refractivity contribution in [3.63, 3.8) is 0 Å². The zero-order chi connectivity index (χ0) is 17.6. The van der Waals surface area contributed by atoms with Crippen molar-refractivity contribution in [2.24, 2.45) is 0 Å². The van der Waals surface area contributed by atoms with Crippen molar-refractivity contribution >= 4 is 11.8 Å². The third-order valence-corrected chi connectivity index (χ3v) is 4.59. The molecule has 0 amide bonds. The molecule has 26 heavy (non-hydrogen) atoms. The van der Waals surface area contributed by atoms with Crippen molar-refractivity contribution in [2.45, 2.75) is 11.0 Å². The number of aromatic nitrogens is 2. The van der Waals surface area contributed by atoms with Crippen molar-refractivity contribution in [1.29, 1.82) is 0 Å². The molecule has 4 rings (SSSR count). The number of hydrogen-bond donors (Lipinski definition) is 0. The molecule has 0 N–H and O–H groups in total. The first kappa shape index (κ1) is 16.4. The van der Waals surface area contributed by atoms with Crippen LogP contribution in [0.1, 0.15) is 5.56 Å². The van der Waals surface area contributed by atoms with Crippen LogP contribution in [0.4, 0.5) is 0 Å². The molecule has 0 atom stereocenters. The lowest BCUT2D eigenvalue weighted by Crippen LogP contribution is -1.88. The number of thioether (sulfide) groups is 1. The normalized spacial score (nSPS) is 10.6. The Morgan fingerprint density at radius 3 is 2.27 bits per heavy atom. The second-order valence-corrected chi connectivity index (χ2v) is 6.49. The van der Waals surface area contributed by atoms with E-state index in [1.54, 1.807) is 0 Å². The van der Waals surface area contributed by atoms with E-state index >= 15 is 0 Å². The summed E-state index contributed by atoms with van der Waals surface area (Å²) < 4.78 is 11.8. The number of benzene rings is 3. The van der Waals surface area contributed by atoms with E-state index in [1.807, 2.05) is 72.8 Å². The summed E-state index contributed by atoms with van der Waals surface area (Å²) in [5, 5.41) is 8.87. The van der Waals surface area contributed by atoms with Gasteiger partial charge in [0, 0.05) is 5.75 Å². The van der Waals surface area contributed by atoms with E-state index < -0.39 is 0 Å². The zero-order valence-corrected chi connectivity index (χ0v) is 14.7. The molecule has 5 heteroatoms. The maximum absolute atomic E-state index is 5.97. The molecule has 0 radical (unpaired) electrons. The lowest BCUT2D eigenvalue weighted by molar-refractivity contribution is 0.455. The molecule has 0 bridgehead atoms. The fourth-order valence-corrected chi connectivity index (χ4v) is 3.16. The molecule has 0 aliphatic rings. The molecule has 0 aliphatic carbocycles. The molecule has 4 aromatic rings. The molecule has 4 nitrogen and oxygen atoms in total. The zero-order valence-electron chi connectivity index (χ0n) is 13.9. The number of rotatable bonds is 6. The molecule has 1 aromatic heterocycles. The van der Waals surface area contributed by atoms with E-state index in [2.05, 4.69) is 22.3 Å². The first-order valence-corrected chi connectivity index (χ1v) is 9.19. The molecule has 0 saturated heterocycles. The van der Waals surface area contributed by atoms with Gasteiger partial charge in [-0.25, -0.2) is 0 Å². The van der Waals surface area contributed by atoms with Crippen LogP contribution in [0.3, 0.4) is 0 Å². The van der Waals surface area contributed by atoms with Crippen molar-refractivity contribution < 1.29 is 9.15 Å². The average molecular weight is 360 g/mol. The summed E-state index contributed by atoms with van der Waals surface area (Å²) in [7, 11) is 0. The first-order valence-electron chi connectivity index (χ1n) is 8.21. The van der Waals surface area contributed by atoms with E-state index in [4.69, 9.17) is 9.15 Å². The van der Waals surface area contributed by atoms with Gasteiger partial charge in [0.1, 0.15) is 11.5 Å². The van der Waals surface area contributed by atoms with E-state index in [0.29, 0.717) is 16.9 Å². The molecule has 0 aliphatic heterocycles. The molecule has 128 valence electrons. The van der Waals surface area contributed by atoms with Gasteiger partial charge in [0.25, 0.3) is 11.1 Å². The van der Waals surface area contributed by atoms with E-state index in [9.17, 15) is 0 Å². The Kier molecular flexibility index (Phi) is 4.98. The molecule has 0 saturated carbocycles. The quantitative estimate of drug-likeness (QED) is 0.405. The molecule has 0 fully saturated rings. The van der Waals surface area contributed by atoms with E-state index in [1.165, 1.54) is 17.3 Å². The maximum atomic E-state index is 5.97. The Labute approximate surface area is 155 Å². The SMILES string of the molecule is c1ccc(CSc2nnc(-c3ccccc3Oc3ccccc3)o2)cc1. The second kappa shape index (κ2) is 7.89. The Hall–Kier alpha value is -3.05. The summed E-state index contributed by atoms with van der Waals surface area (Å²) in [6.45, 7) is 0. The van der Waals surface area contributed by atoms with Crippen LogP contribution in [0.25, 0.3) is 11.5 Å². The molecule has 1 heterocycles. The Morgan fingerprint density at radius 2 is 1.46 bits per heavy atom. The van der Waals surface area contributed by atoms with Gasteiger partial charge in [0.05, 0.1) is 5.56 Å². The van der Waals surface area contributed by atoms with Crippen LogP contribution in [0, 0.1) is 0 Å². The Bertz CT molecular complexity index is 971. The lowest BCUT2D eigenvalue weighted by atomic mass is 10.2. The summed E-state index contributed by atoms with van der Waals surface area (Å²) in [5.74, 6) is 2.68. The van der Waals surface area contributed by atoms with Gasteiger partial charge < -0.3 is 9.15 Å². The van der Waals surface area contributed by atoms with Crippen molar-refractivity contribution in [3.05, 3.63) is 90.5 Å². The fourth-order valence-electron chi connectivity index (χ4n) is 2.44. The summed E-state index contributed by atoms with van der Waals surface area (Å²) >= 11 is 1.52. The molecular formula is C21H16N2O2S. The monoisotopic (exact) mass is 360 g/mol. The van der Waals surface area contributed by atoms with Crippen LogP contribution >= 0.6 is 11.8 Å². The minimum absolute atomic E-state index is 0.451. The van der Waals surface area contributed by atoms with Gasteiger partial charge in [-0.1, -0.05) is 72.4 Å².